The quantitative estimate of drug-likeness (QED) is 0.893. The standard InChI is InChI=1S/C17H27N3/c1-19-10-5-9-17(13-18,14-19)20-11-4-8-15-6-2-3-7-16(15)12-20/h2-3,6-7H,4-5,8-14,18H2,1H3. The van der Waals surface area contributed by atoms with E-state index in [0.717, 1.165) is 19.6 Å². The summed E-state index contributed by atoms with van der Waals surface area (Å²) in [4.78, 5) is 5.13. The fourth-order valence-corrected chi connectivity index (χ4v) is 4.00. The predicted molar refractivity (Wildman–Crippen MR) is 83.7 cm³/mol. The lowest BCUT2D eigenvalue weighted by Gasteiger charge is -2.48. The van der Waals surface area contributed by atoms with Crippen LogP contribution in [-0.4, -0.2) is 48.6 Å². The third-order valence-electron chi connectivity index (χ3n) is 5.15. The van der Waals surface area contributed by atoms with Gasteiger partial charge in [-0.25, -0.2) is 0 Å². The summed E-state index contributed by atoms with van der Waals surface area (Å²) >= 11 is 0. The molecule has 1 atom stereocenters. The van der Waals surface area contributed by atoms with Crippen LogP contribution in [0, 0.1) is 0 Å². The van der Waals surface area contributed by atoms with Gasteiger partial charge < -0.3 is 10.6 Å². The predicted octanol–water partition coefficient (Wildman–Crippen LogP) is 1.86. The zero-order valence-corrected chi connectivity index (χ0v) is 12.6. The highest BCUT2D eigenvalue weighted by atomic mass is 15.3. The Hall–Kier alpha value is -0.900. The molecule has 2 heterocycles. The van der Waals surface area contributed by atoms with Crippen LogP contribution in [0.5, 0.6) is 0 Å². The highest BCUT2D eigenvalue weighted by molar-refractivity contribution is 5.28. The monoisotopic (exact) mass is 273 g/mol. The van der Waals surface area contributed by atoms with Gasteiger partial charge in [-0.3, -0.25) is 4.90 Å². The van der Waals surface area contributed by atoms with Gasteiger partial charge in [-0.15, -0.1) is 0 Å². The molecule has 20 heavy (non-hydrogen) atoms. The highest BCUT2D eigenvalue weighted by Crippen LogP contribution is 2.30. The molecule has 2 N–H and O–H groups in total. The summed E-state index contributed by atoms with van der Waals surface area (Å²) < 4.78 is 0. The molecule has 0 radical (unpaired) electrons. The topological polar surface area (TPSA) is 32.5 Å². The molecule has 1 fully saturated rings. The lowest BCUT2D eigenvalue weighted by molar-refractivity contribution is 0.0207. The Bertz CT molecular complexity index is 459. The molecule has 1 aromatic rings. The first kappa shape index (κ1) is 14.1. The van der Waals surface area contributed by atoms with E-state index in [2.05, 4.69) is 41.1 Å². The van der Waals surface area contributed by atoms with Crippen LogP contribution in [0.15, 0.2) is 24.3 Å². The number of likely N-dealkylation sites (tertiary alicyclic amines) is 1. The molecule has 2 aliphatic rings. The van der Waals surface area contributed by atoms with Crippen molar-refractivity contribution in [2.75, 3.05) is 33.2 Å². The molecule has 110 valence electrons. The Morgan fingerprint density at radius 2 is 1.95 bits per heavy atom. The summed E-state index contributed by atoms with van der Waals surface area (Å²) in [6.07, 6.45) is 4.98. The van der Waals surface area contributed by atoms with Crippen molar-refractivity contribution in [1.82, 2.24) is 9.80 Å². The Labute approximate surface area is 122 Å². The largest absolute Gasteiger partial charge is 0.329 e. The van der Waals surface area contributed by atoms with Crippen LogP contribution in [0.4, 0.5) is 0 Å². The summed E-state index contributed by atoms with van der Waals surface area (Å²) in [6.45, 7) is 5.36. The normalized spacial score (nSPS) is 28.9. The third kappa shape index (κ3) is 2.62. The Balaban J connectivity index is 1.85. The van der Waals surface area contributed by atoms with E-state index in [1.165, 1.54) is 49.9 Å². The summed E-state index contributed by atoms with van der Waals surface area (Å²) in [5.74, 6) is 0. The van der Waals surface area contributed by atoms with E-state index in [1.54, 1.807) is 0 Å². The SMILES string of the molecule is CN1CCCC(CN)(N2CCCc3ccccc3C2)C1. The van der Waals surface area contributed by atoms with E-state index in [0.29, 0.717) is 0 Å². The molecule has 1 saturated heterocycles. The first-order valence-electron chi connectivity index (χ1n) is 7.94. The zero-order chi connectivity index (χ0) is 14.0. The summed E-state index contributed by atoms with van der Waals surface area (Å²) in [7, 11) is 2.23. The van der Waals surface area contributed by atoms with Crippen molar-refractivity contribution in [1.29, 1.82) is 0 Å². The van der Waals surface area contributed by atoms with E-state index in [1.807, 2.05) is 0 Å². The second-order valence-corrected chi connectivity index (χ2v) is 6.56. The van der Waals surface area contributed by atoms with Gasteiger partial charge >= 0.3 is 0 Å². The van der Waals surface area contributed by atoms with Crippen molar-refractivity contribution in [3.8, 4) is 0 Å². The van der Waals surface area contributed by atoms with Gasteiger partial charge in [0.05, 0.1) is 0 Å². The van der Waals surface area contributed by atoms with Crippen LogP contribution in [0.2, 0.25) is 0 Å². The smallest absolute Gasteiger partial charge is 0.0462 e. The average molecular weight is 273 g/mol. The molecule has 0 spiro atoms. The minimum atomic E-state index is 0.185. The summed E-state index contributed by atoms with van der Waals surface area (Å²) in [5, 5.41) is 0. The van der Waals surface area contributed by atoms with E-state index in [9.17, 15) is 0 Å². The minimum Gasteiger partial charge on any atom is -0.329 e. The molecule has 0 amide bonds. The van der Waals surface area contributed by atoms with Crippen LogP contribution >= 0.6 is 0 Å². The first-order chi connectivity index (χ1) is 9.73. The van der Waals surface area contributed by atoms with E-state index in [4.69, 9.17) is 5.73 Å². The number of hydrogen-bond acceptors (Lipinski definition) is 3. The second kappa shape index (κ2) is 5.84. The molecule has 0 aromatic heterocycles. The van der Waals surface area contributed by atoms with Crippen LogP contribution in [0.3, 0.4) is 0 Å². The van der Waals surface area contributed by atoms with Gasteiger partial charge in [-0.1, -0.05) is 24.3 Å². The van der Waals surface area contributed by atoms with Gasteiger partial charge in [0.2, 0.25) is 0 Å². The van der Waals surface area contributed by atoms with Crippen LogP contribution in [0.1, 0.15) is 30.4 Å². The van der Waals surface area contributed by atoms with Gasteiger partial charge in [0.1, 0.15) is 0 Å². The maximum absolute atomic E-state index is 6.23. The Morgan fingerprint density at radius 1 is 1.15 bits per heavy atom. The number of rotatable bonds is 2. The van der Waals surface area contributed by atoms with Crippen molar-refractivity contribution >= 4 is 0 Å². The molecule has 0 saturated carbocycles. The zero-order valence-electron chi connectivity index (χ0n) is 12.6. The summed E-state index contributed by atoms with van der Waals surface area (Å²) in [6, 6.07) is 8.93. The third-order valence-corrected chi connectivity index (χ3v) is 5.15. The molecule has 2 aliphatic heterocycles. The fraction of sp³-hybridized carbons (Fsp3) is 0.647. The Kier molecular flexibility index (Phi) is 4.11. The van der Waals surface area contributed by atoms with Crippen LogP contribution < -0.4 is 5.73 Å². The number of fused-ring (bicyclic) bond motifs is 1. The number of piperidine rings is 1. The number of nitrogens with two attached hydrogens (primary N) is 1. The number of likely N-dealkylation sites (N-methyl/N-ethyl adjacent to an activating group) is 1. The minimum absolute atomic E-state index is 0.185. The van der Waals surface area contributed by atoms with Gasteiger partial charge in [0, 0.05) is 25.2 Å². The van der Waals surface area contributed by atoms with Gasteiger partial charge in [0.15, 0.2) is 0 Å². The number of nitrogens with zero attached hydrogens (tertiary/aromatic N) is 2. The molecule has 1 aromatic carbocycles. The fourth-order valence-electron chi connectivity index (χ4n) is 4.00. The highest BCUT2D eigenvalue weighted by Gasteiger charge is 2.39. The van der Waals surface area contributed by atoms with Crippen molar-refractivity contribution < 1.29 is 0 Å². The van der Waals surface area contributed by atoms with Crippen molar-refractivity contribution in [2.24, 2.45) is 5.73 Å². The molecule has 3 rings (SSSR count). The van der Waals surface area contributed by atoms with Crippen molar-refractivity contribution in [3.05, 3.63) is 35.4 Å². The molecular weight excluding hydrogens is 246 g/mol. The van der Waals surface area contributed by atoms with E-state index < -0.39 is 0 Å². The summed E-state index contributed by atoms with van der Waals surface area (Å²) in [5.41, 5.74) is 9.46. The lowest BCUT2D eigenvalue weighted by Crippen LogP contribution is -2.61. The lowest BCUT2D eigenvalue weighted by atomic mass is 9.86. The molecule has 3 heteroatoms. The van der Waals surface area contributed by atoms with Gasteiger partial charge in [-0.2, -0.15) is 0 Å². The second-order valence-electron chi connectivity index (χ2n) is 6.56. The van der Waals surface area contributed by atoms with Crippen LogP contribution in [-0.2, 0) is 13.0 Å². The molecular formula is C17H27N3. The Morgan fingerprint density at radius 3 is 2.70 bits per heavy atom. The molecule has 0 bridgehead atoms. The molecule has 0 aliphatic carbocycles. The van der Waals surface area contributed by atoms with Gasteiger partial charge in [0.25, 0.3) is 0 Å². The maximum Gasteiger partial charge on any atom is 0.0462 e. The first-order valence-corrected chi connectivity index (χ1v) is 7.94. The van der Waals surface area contributed by atoms with Crippen molar-refractivity contribution in [2.45, 2.75) is 37.8 Å². The van der Waals surface area contributed by atoms with Gasteiger partial charge in [-0.05, 0) is 56.9 Å². The number of hydrogen-bond donors (Lipinski definition) is 1. The molecule has 1 unspecified atom stereocenters. The van der Waals surface area contributed by atoms with Crippen molar-refractivity contribution in [3.63, 3.8) is 0 Å². The van der Waals surface area contributed by atoms with E-state index >= 15 is 0 Å². The number of benzene rings is 1. The number of aryl methyl sites for hydroxylation is 1. The maximum atomic E-state index is 6.23. The average Bonchev–Trinajstić information content (AvgIpc) is 2.69. The van der Waals surface area contributed by atoms with Crippen LogP contribution in [0.25, 0.3) is 0 Å². The van der Waals surface area contributed by atoms with E-state index in [-0.39, 0.29) is 5.54 Å². The molecule has 3 nitrogen and oxygen atoms in total.